The summed E-state index contributed by atoms with van der Waals surface area (Å²) in [5, 5.41) is 0. The molecule has 0 aromatic heterocycles. The Morgan fingerprint density at radius 1 is 1.17 bits per heavy atom. The number of carbonyl (C=O) groups is 2. The number of esters is 2. The van der Waals surface area contributed by atoms with Crippen LogP contribution in [0.1, 0.15) is 26.7 Å². The van der Waals surface area contributed by atoms with E-state index in [1.807, 2.05) is 13.8 Å². The second-order valence-electron chi connectivity index (χ2n) is 4.24. The molecule has 1 saturated heterocycles. The van der Waals surface area contributed by atoms with Crippen LogP contribution in [-0.4, -0.2) is 11.9 Å². The van der Waals surface area contributed by atoms with Crippen LogP contribution >= 0.6 is 0 Å². The third-order valence-electron chi connectivity index (χ3n) is 3.31. The molecule has 2 aliphatic rings. The zero-order valence-corrected chi connectivity index (χ0v) is 7.29. The molecule has 2 rings (SSSR count). The Morgan fingerprint density at radius 3 is 2.00 bits per heavy atom. The van der Waals surface area contributed by atoms with E-state index in [4.69, 9.17) is 0 Å². The molecular formula is C9H12O3. The molecule has 66 valence electrons. The van der Waals surface area contributed by atoms with Crippen molar-refractivity contribution in [2.24, 2.45) is 17.3 Å². The summed E-state index contributed by atoms with van der Waals surface area (Å²) in [5.74, 6) is -0.752. The lowest BCUT2D eigenvalue weighted by atomic mass is 9.74. The van der Waals surface area contributed by atoms with Crippen LogP contribution in [0.3, 0.4) is 0 Å². The van der Waals surface area contributed by atoms with Crippen LogP contribution in [-0.2, 0) is 14.3 Å². The molecule has 3 heteroatoms. The Morgan fingerprint density at radius 2 is 1.58 bits per heavy atom. The van der Waals surface area contributed by atoms with Crippen LogP contribution in [0.15, 0.2) is 0 Å². The summed E-state index contributed by atoms with van der Waals surface area (Å²) in [6.45, 7) is 3.96. The highest BCUT2D eigenvalue weighted by Gasteiger charge is 2.55. The Labute approximate surface area is 71.1 Å². The SMILES string of the molecule is CC1(C)C2CCC1C(=O)OC2=O. The van der Waals surface area contributed by atoms with E-state index in [2.05, 4.69) is 4.74 Å². The van der Waals surface area contributed by atoms with E-state index in [1.165, 1.54) is 0 Å². The van der Waals surface area contributed by atoms with E-state index in [1.54, 1.807) is 0 Å². The number of hydrogen-bond acceptors (Lipinski definition) is 3. The predicted molar refractivity (Wildman–Crippen MR) is 41.1 cm³/mol. The molecule has 2 unspecified atom stereocenters. The third-order valence-corrected chi connectivity index (χ3v) is 3.31. The van der Waals surface area contributed by atoms with E-state index in [0.29, 0.717) is 0 Å². The maximum atomic E-state index is 11.2. The fourth-order valence-corrected chi connectivity index (χ4v) is 2.40. The third kappa shape index (κ3) is 0.765. The average Bonchev–Trinajstić information content (AvgIpc) is 2.13. The van der Waals surface area contributed by atoms with Crippen LogP contribution in [0.2, 0.25) is 0 Å². The van der Waals surface area contributed by atoms with Crippen molar-refractivity contribution in [3.63, 3.8) is 0 Å². The molecule has 0 N–H and O–H groups in total. The topological polar surface area (TPSA) is 43.4 Å². The average molecular weight is 168 g/mol. The lowest BCUT2D eigenvalue weighted by Gasteiger charge is -2.34. The molecule has 0 spiro atoms. The molecule has 2 atom stereocenters. The molecule has 1 saturated carbocycles. The van der Waals surface area contributed by atoms with Gasteiger partial charge in [0.05, 0.1) is 11.8 Å². The Bertz CT molecular complexity index is 230. The summed E-state index contributed by atoms with van der Waals surface area (Å²) in [4.78, 5) is 22.5. The number of carbonyl (C=O) groups excluding carboxylic acids is 2. The first-order chi connectivity index (χ1) is 5.53. The van der Waals surface area contributed by atoms with Gasteiger partial charge in [-0.15, -0.1) is 0 Å². The molecule has 12 heavy (non-hydrogen) atoms. The predicted octanol–water partition coefficient (Wildman–Crippen LogP) is 1.12. The first-order valence-electron chi connectivity index (χ1n) is 4.29. The molecule has 3 nitrogen and oxygen atoms in total. The normalized spacial score (nSPS) is 38.2. The van der Waals surface area contributed by atoms with Crippen molar-refractivity contribution in [2.45, 2.75) is 26.7 Å². The number of ether oxygens (including phenoxy) is 1. The molecule has 0 radical (unpaired) electrons. The summed E-state index contributed by atoms with van der Waals surface area (Å²) >= 11 is 0. The number of hydrogen-bond donors (Lipinski definition) is 0. The highest BCUT2D eigenvalue weighted by molar-refractivity contribution is 5.93. The lowest BCUT2D eigenvalue weighted by molar-refractivity contribution is -0.176. The van der Waals surface area contributed by atoms with E-state index < -0.39 is 0 Å². The van der Waals surface area contributed by atoms with Crippen LogP contribution in [0, 0.1) is 17.3 Å². The lowest BCUT2D eigenvalue weighted by Crippen LogP contribution is -2.42. The van der Waals surface area contributed by atoms with Gasteiger partial charge in [0.25, 0.3) is 0 Å². The van der Waals surface area contributed by atoms with Gasteiger partial charge in [0.1, 0.15) is 0 Å². The Kier molecular flexibility index (Phi) is 1.35. The molecule has 0 aromatic carbocycles. The molecule has 1 aliphatic carbocycles. The van der Waals surface area contributed by atoms with Gasteiger partial charge in [0.2, 0.25) is 0 Å². The van der Waals surface area contributed by atoms with E-state index in [-0.39, 0.29) is 29.2 Å². The zero-order valence-electron chi connectivity index (χ0n) is 7.29. The van der Waals surface area contributed by atoms with Crippen molar-refractivity contribution in [2.75, 3.05) is 0 Å². The molecule has 2 bridgehead atoms. The fourth-order valence-electron chi connectivity index (χ4n) is 2.40. The standard InChI is InChI=1S/C9H12O3/c1-9(2)5-3-4-6(9)8(11)12-7(5)10/h5-6H,3-4H2,1-2H3. The highest BCUT2D eigenvalue weighted by atomic mass is 16.6. The molecule has 1 aliphatic heterocycles. The van der Waals surface area contributed by atoms with E-state index in [0.717, 1.165) is 12.8 Å². The molecular weight excluding hydrogens is 156 g/mol. The fraction of sp³-hybridized carbons (Fsp3) is 0.778. The van der Waals surface area contributed by atoms with Crippen molar-refractivity contribution in [1.29, 1.82) is 0 Å². The second-order valence-corrected chi connectivity index (χ2v) is 4.24. The van der Waals surface area contributed by atoms with Crippen molar-refractivity contribution >= 4 is 11.9 Å². The Hall–Kier alpha value is -0.860. The van der Waals surface area contributed by atoms with Gasteiger partial charge in [-0.25, -0.2) is 0 Å². The van der Waals surface area contributed by atoms with Crippen LogP contribution in [0.5, 0.6) is 0 Å². The summed E-state index contributed by atoms with van der Waals surface area (Å²) in [6.07, 6.45) is 1.62. The van der Waals surface area contributed by atoms with Gasteiger partial charge in [0.15, 0.2) is 0 Å². The van der Waals surface area contributed by atoms with Crippen LogP contribution < -0.4 is 0 Å². The summed E-state index contributed by atoms with van der Waals surface area (Å²) in [5.41, 5.74) is -0.174. The first-order valence-corrected chi connectivity index (χ1v) is 4.29. The van der Waals surface area contributed by atoms with Crippen molar-refractivity contribution in [3.05, 3.63) is 0 Å². The molecule has 1 heterocycles. The van der Waals surface area contributed by atoms with E-state index in [9.17, 15) is 9.59 Å². The van der Waals surface area contributed by atoms with Crippen LogP contribution in [0.25, 0.3) is 0 Å². The van der Waals surface area contributed by atoms with Gasteiger partial charge in [-0.1, -0.05) is 13.8 Å². The minimum absolute atomic E-state index is 0.0554. The van der Waals surface area contributed by atoms with Gasteiger partial charge in [0, 0.05) is 0 Å². The highest BCUT2D eigenvalue weighted by Crippen LogP contribution is 2.51. The van der Waals surface area contributed by atoms with Gasteiger partial charge in [-0.3, -0.25) is 9.59 Å². The van der Waals surface area contributed by atoms with Gasteiger partial charge < -0.3 is 4.74 Å². The molecule has 2 fully saturated rings. The Balaban J connectivity index is 2.40. The van der Waals surface area contributed by atoms with Crippen molar-refractivity contribution in [3.8, 4) is 0 Å². The van der Waals surface area contributed by atoms with Gasteiger partial charge in [-0.05, 0) is 18.3 Å². The summed E-state index contributed by atoms with van der Waals surface area (Å²) in [6, 6.07) is 0. The van der Waals surface area contributed by atoms with Gasteiger partial charge in [-0.2, -0.15) is 0 Å². The first kappa shape index (κ1) is 7.77. The smallest absolute Gasteiger partial charge is 0.317 e. The van der Waals surface area contributed by atoms with Crippen molar-refractivity contribution < 1.29 is 14.3 Å². The minimum atomic E-state index is -0.321. The van der Waals surface area contributed by atoms with Crippen LogP contribution in [0.4, 0.5) is 0 Å². The number of rotatable bonds is 0. The molecule has 0 amide bonds. The number of fused-ring (bicyclic) bond motifs is 2. The summed E-state index contributed by atoms with van der Waals surface area (Å²) < 4.78 is 4.63. The number of cyclic esters (lactones) is 2. The zero-order chi connectivity index (χ0) is 8.93. The monoisotopic (exact) mass is 168 g/mol. The van der Waals surface area contributed by atoms with Crippen molar-refractivity contribution in [1.82, 2.24) is 0 Å². The second kappa shape index (κ2) is 2.09. The minimum Gasteiger partial charge on any atom is -0.393 e. The largest absolute Gasteiger partial charge is 0.393 e. The van der Waals surface area contributed by atoms with Gasteiger partial charge >= 0.3 is 11.9 Å². The van der Waals surface area contributed by atoms with E-state index >= 15 is 0 Å². The quantitative estimate of drug-likeness (QED) is 0.402. The summed E-state index contributed by atoms with van der Waals surface area (Å²) in [7, 11) is 0. The maximum Gasteiger partial charge on any atom is 0.317 e. The maximum absolute atomic E-state index is 11.2. The molecule has 0 aromatic rings.